The van der Waals surface area contributed by atoms with Gasteiger partial charge in [-0.15, -0.1) is 12.6 Å². The van der Waals surface area contributed by atoms with Gasteiger partial charge in [-0.05, 0) is 60.3 Å². The summed E-state index contributed by atoms with van der Waals surface area (Å²) in [5, 5.41) is 2.05. The van der Waals surface area contributed by atoms with E-state index in [0.717, 1.165) is 56.5 Å². The van der Waals surface area contributed by atoms with E-state index in [1.54, 1.807) is 14.2 Å². The average molecular weight is 402 g/mol. The molecule has 0 radical (unpaired) electrons. The molecule has 0 fully saturated rings. The molecule has 0 aliphatic carbocycles. The number of aromatic nitrogens is 1. The van der Waals surface area contributed by atoms with E-state index in [9.17, 15) is 0 Å². The Labute approximate surface area is 169 Å². The van der Waals surface area contributed by atoms with Crippen LogP contribution in [0, 0.1) is 6.92 Å². The summed E-state index contributed by atoms with van der Waals surface area (Å²) < 4.78 is 21.4. The van der Waals surface area contributed by atoms with E-state index in [-0.39, 0.29) is 0 Å². The lowest BCUT2D eigenvalue weighted by Gasteiger charge is -2.15. The zero-order valence-corrected chi connectivity index (χ0v) is 17.6. The van der Waals surface area contributed by atoms with Crippen LogP contribution in [0.3, 0.4) is 0 Å². The highest BCUT2D eigenvalue weighted by molar-refractivity contribution is 7.80. The van der Waals surface area contributed by atoms with Crippen LogP contribution in [0.2, 0.25) is 0 Å². The Kier molecular flexibility index (Phi) is 6.29. The van der Waals surface area contributed by atoms with Crippen LogP contribution in [-0.2, 0) is 0 Å². The van der Waals surface area contributed by atoms with Gasteiger partial charge in [0.1, 0.15) is 5.75 Å². The topological polar surface area (TPSA) is 40.6 Å². The molecule has 0 saturated carbocycles. The predicted octanol–water partition coefficient (Wildman–Crippen LogP) is 5.88. The zero-order chi connectivity index (χ0) is 19.4. The number of methoxy groups -OCH3 is 2. The molecule has 142 valence electrons. The van der Waals surface area contributed by atoms with Crippen molar-refractivity contribution in [2.45, 2.75) is 25.2 Å². The summed E-state index contributed by atoms with van der Waals surface area (Å²) in [5.41, 5.74) is 5.05. The van der Waals surface area contributed by atoms with Gasteiger partial charge in [-0.3, -0.25) is 0 Å². The molecule has 0 spiro atoms. The monoisotopic (exact) mass is 401 g/mol. The van der Waals surface area contributed by atoms with Gasteiger partial charge in [0, 0.05) is 21.4 Å². The molecule has 0 amide bonds. The second-order valence-electron chi connectivity index (χ2n) is 6.14. The number of aryl methyl sites for hydroxylation is 1. The van der Waals surface area contributed by atoms with E-state index in [1.807, 2.05) is 36.6 Å². The normalized spacial score (nSPS) is 10.7. The maximum absolute atomic E-state index is 5.87. The fourth-order valence-corrected chi connectivity index (χ4v) is 3.95. The number of rotatable bonds is 7. The molecular formula is C21H23NO3S2. The molecule has 3 aromatic rings. The van der Waals surface area contributed by atoms with Crippen molar-refractivity contribution in [1.82, 2.24) is 4.37 Å². The molecule has 27 heavy (non-hydrogen) atoms. The largest absolute Gasteiger partial charge is 0.496 e. The first-order chi connectivity index (χ1) is 13.1. The van der Waals surface area contributed by atoms with Crippen LogP contribution >= 0.6 is 24.2 Å². The number of benzene rings is 2. The van der Waals surface area contributed by atoms with Crippen LogP contribution in [-0.4, -0.2) is 25.2 Å². The van der Waals surface area contributed by atoms with Crippen LogP contribution in [0.15, 0.2) is 40.6 Å². The summed E-state index contributed by atoms with van der Waals surface area (Å²) >= 11 is 5.95. The second kappa shape index (κ2) is 8.67. The van der Waals surface area contributed by atoms with Gasteiger partial charge in [-0.2, -0.15) is 4.37 Å². The lowest BCUT2D eigenvalue weighted by molar-refractivity contribution is 0.292. The van der Waals surface area contributed by atoms with Crippen molar-refractivity contribution in [2.24, 2.45) is 0 Å². The molecule has 0 aliphatic rings. The molecule has 0 N–H and O–H groups in total. The predicted molar refractivity (Wildman–Crippen MR) is 114 cm³/mol. The van der Waals surface area contributed by atoms with Gasteiger partial charge < -0.3 is 14.2 Å². The summed E-state index contributed by atoms with van der Waals surface area (Å²) in [5.74, 6) is 2.27. The van der Waals surface area contributed by atoms with E-state index in [4.69, 9.17) is 14.2 Å². The van der Waals surface area contributed by atoms with Gasteiger partial charge in [0.15, 0.2) is 11.5 Å². The minimum atomic E-state index is 0.662. The first kappa shape index (κ1) is 19.6. The van der Waals surface area contributed by atoms with Crippen molar-refractivity contribution in [3.05, 3.63) is 41.3 Å². The summed E-state index contributed by atoms with van der Waals surface area (Å²) in [4.78, 5) is 0.796. The van der Waals surface area contributed by atoms with Crippen LogP contribution in [0.5, 0.6) is 17.2 Å². The molecule has 0 aliphatic heterocycles. The van der Waals surface area contributed by atoms with Crippen molar-refractivity contribution < 1.29 is 14.2 Å². The Balaban J connectivity index is 2.05. The summed E-state index contributed by atoms with van der Waals surface area (Å²) in [6, 6.07) is 10.0. The Morgan fingerprint density at radius 2 is 1.81 bits per heavy atom. The highest BCUT2D eigenvalue weighted by Gasteiger charge is 2.17. The van der Waals surface area contributed by atoms with Crippen LogP contribution in [0.4, 0.5) is 0 Å². The fourth-order valence-electron chi connectivity index (χ4n) is 2.93. The molecule has 1 heterocycles. The first-order valence-corrected chi connectivity index (χ1v) is 10.0. The number of nitrogens with zero attached hydrogens (tertiary/aromatic N) is 1. The smallest absolute Gasteiger partial charge is 0.164 e. The van der Waals surface area contributed by atoms with Crippen molar-refractivity contribution in [3.63, 3.8) is 0 Å². The molecular weight excluding hydrogens is 378 g/mol. The molecule has 0 bridgehead atoms. The van der Waals surface area contributed by atoms with Crippen LogP contribution < -0.4 is 14.2 Å². The lowest BCUT2D eigenvalue weighted by atomic mass is 10.00. The zero-order valence-electron chi connectivity index (χ0n) is 15.9. The van der Waals surface area contributed by atoms with Gasteiger partial charge >= 0.3 is 0 Å². The van der Waals surface area contributed by atoms with E-state index in [0.29, 0.717) is 6.61 Å². The molecule has 0 saturated heterocycles. The van der Waals surface area contributed by atoms with Crippen molar-refractivity contribution in [2.75, 3.05) is 20.8 Å². The highest BCUT2D eigenvalue weighted by atomic mass is 32.1. The van der Waals surface area contributed by atoms with E-state index >= 15 is 0 Å². The maximum atomic E-state index is 5.87. The van der Waals surface area contributed by atoms with Gasteiger partial charge in [0.25, 0.3) is 0 Å². The number of hydrogen-bond acceptors (Lipinski definition) is 6. The third-order valence-corrected chi connectivity index (χ3v) is 5.22. The number of ether oxygens (including phenoxy) is 3. The first-order valence-electron chi connectivity index (χ1n) is 8.72. The average Bonchev–Trinajstić information content (AvgIpc) is 3.16. The third-order valence-electron chi connectivity index (χ3n) is 4.24. The van der Waals surface area contributed by atoms with E-state index in [1.165, 1.54) is 11.5 Å². The van der Waals surface area contributed by atoms with E-state index in [2.05, 4.69) is 30.0 Å². The molecule has 4 nitrogen and oxygen atoms in total. The van der Waals surface area contributed by atoms with Gasteiger partial charge in [-0.1, -0.05) is 13.0 Å². The standard InChI is InChI=1S/C21H23NO3S2/c1-5-8-25-21-13(2)9-15(10-18(21)24-4)20-16(12-27-22-20)14-6-7-17(23-3)19(26)11-14/h6-7,9-12,26H,5,8H2,1-4H3. The number of hydrogen-bond donors (Lipinski definition) is 1. The van der Waals surface area contributed by atoms with Crippen molar-refractivity contribution in [1.29, 1.82) is 0 Å². The van der Waals surface area contributed by atoms with E-state index < -0.39 is 0 Å². The van der Waals surface area contributed by atoms with Crippen molar-refractivity contribution >= 4 is 24.2 Å². The highest BCUT2D eigenvalue weighted by Crippen LogP contribution is 2.40. The molecule has 6 heteroatoms. The van der Waals surface area contributed by atoms with Gasteiger partial charge in [0.05, 0.1) is 26.5 Å². The number of thiol groups is 1. The van der Waals surface area contributed by atoms with Gasteiger partial charge in [0.2, 0.25) is 0 Å². The summed E-state index contributed by atoms with van der Waals surface area (Å²) in [6.45, 7) is 4.78. The Bertz CT molecular complexity index is 937. The fraction of sp³-hybridized carbons (Fsp3) is 0.286. The molecule has 0 atom stereocenters. The second-order valence-corrected chi connectivity index (χ2v) is 7.25. The maximum Gasteiger partial charge on any atom is 0.164 e. The minimum Gasteiger partial charge on any atom is -0.496 e. The molecule has 1 aromatic heterocycles. The third kappa shape index (κ3) is 4.06. The molecule has 2 aromatic carbocycles. The lowest BCUT2D eigenvalue weighted by Crippen LogP contribution is -2.00. The minimum absolute atomic E-state index is 0.662. The Hall–Kier alpha value is -2.18. The molecule has 0 unspecified atom stereocenters. The summed E-state index contributed by atoms with van der Waals surface area (Å²) in [6.07, 6.45) is 0.949. The Morgan fingerprint density at radius 1 is 1.04 bits per heavy atom. The molecule has 3 rings (SSSR count). The Morgan fingerprint density at radius 3 is 2.48 bits per heavy atom. The SMILES string of the molecule is CCCOc1c(C)cc(-c2nscc2-c2ccc(OC)c(S)c2)cc1OC. The summed E-state index contributed by atoms with van der Waals surface area (Å²) in [7, 11) is 3.31. The van der Waals surface area contributed by atoms with Crippen LogP contribution in [0.25, 0.3) is 22.4 Å². The van der Waals surface area contributed by atoms with Crippen molar-refractivity contribution in [3.8, 4) is 39.6 Å². The quantitative estimate of drug-likeness (QED) is 0.502. The van der Waals surface area contributed by atoms with Gasteiger partial charge in [-0.25, -0.2) is 0 Å². The van der Waals surface area contributed by atoms with Crippen LogP contribution in [0.1, 0.15) is 18.9 Å².